The summed E-state index contributed by atoms with van der Waals surface area (Å²) in [6.07, 6.45) is -0.896. The molecular weight excluding hydrogens is 358 g/mol. The average Bonchev–Trinajstić information content (AvgIpc) is 3.03. The number of carbonyl (C=O) groups is 2. The number of anilines is 2. The van der Waals surface area contributed by atoms with Crippen LogP contribution in [0.25, 0.3) is 0 Å². The van der Waals surface area contributed by atoms with Crippen molar-refractivity contribution in [3.63, 3.8) is 0 Å². The van der Waals surface area contributed by atoms with E-state index in [0.717, 1.165) is 0 Å². The molecule has 0 saturated carbocycles. The lowest BCUT2D eigenvalue weighted by atomic mass is 10.2. The second-order valence-electron chi connectivity index (χ2n) is 5.66. The smallest absolute Gasteiger partial charge is 0.414 e. The van der Waals surface area contributed by atoms with Gasteiger partial charge in [0.1, 0.15) is 11.9 Å². The first-order chi connectivity index (χ1) is 12.5. The van der Waals surface area contributed by atoms with Crippen LogP contribution in [0.4, 0.5) is 21.0 Å². The molecule has 136 valence electrons. The Morgan fingerprint density at radius 3 is 2.81 bits per heavy atom. The van der Waals surface area contributed by atoms with Gasteiger partial charge in [-0.05, 0) is 36.4 Å². The summed E-state index contributed by atoms with van der Waals surface area (Å²) in [7, 11) is 1.56. The maximum Gasteiger partial charge on any atom is 0.414 e. The Bertz CT molecular complexity index is 797. The Balaban J connectivity index is 1.52. The molecule has 7 nitrogen and oxygen atoms in total. The van der Waals surface area contributed by atoms with Gasteiger partial charge < -0.3 is 20.1 Å². The minimum atomic E-state index is -0.455. The van der Waals surface area contributed by atoms with E-state index in [1.807, 2.05) is 0 Å². The quantitative estimate of drug-likeness (QED) is 0.838. The number of cyclic esters (lactones) is 1. The zero-order chi connectivity index (χ0) is 18.5. The van der Waals surface area contributed by atoms with Crippen molar-refractivity contribution in [3.8, 4) is 5.75 Å². The first-order valence-corrected chi connectivity index (χ1v) is 8.35. The molecule has 1 aliphatic heterocycles. The third-order valence-electron chi connectivity index (χ3n) is 3.83. The van der Waals surface area contributed by atoms with E-state index in [1.165, 1.54) is 4.90 Å². The third kappa shape index (κ3) is 4.37. The van der Waals surface area contributed by atoms with E-state index in [-0.39, 0.29) is 12.6 Å². The number of nitrogens with one attached hydrogen (secondary N) is 2. The summed E-state index contributed by atoms with van der Waals surface area (Å²) in [5.41, 5.74) is 1.30. The van der Waals surface area contributed by atoms with E-state index in [1.54, 1.807) is 55.6 Å². The van der Waals surface area contributed by atoms with Crippen LogP contribution in [0.1, 0.15) is 0 Å². The van der Waals surface area contributed by atoms with Crippen LogP contribution < -0.4 is 20.3 Å². The van der Waals surface area contributed by atoms with Gasteiger partial charge in [0.2, 0.25) is 0 Å². The van der Waals surface area contributed by atoms with Crippen molar-refractivity contribution < 1.29 is 19.1 Å². The van der Waals surface area contributed by atoms with E-state index in [4.69, 9.17) is 21.1 Å². The molecule has 0 spiro atoms. The van der Waals surface area contributed by atoms with Crippen molar-refractivity contribution in [1.82, 2.24) is 5.32 Å². The number of methoxy groups -OCH3 is 1. The minimum Gasteiger partial charge on any atom is -0.497 e. The maximum absolute atomic E-state index is 12.1. The van der Waals surface area contributed by atoms with Gasteiger partial charge >= 0.3 is 12.1 Å². The van der Waals surface area contributed by atoms with Crippen LogP contribution in [0.2, 0.25) is 5.02 Å². The predicted molar refractivity (Wildman–Crippen MR) is 99.1 cm³/mol. The second-order valence-corrected chi connectivity index (χ2v) is 6.10. The summed E-state index contributed by atoms with van der Waals surface area (Å²) < 4.78 is 10.5. The lowest BCUT2D eigenvalue weighted by Gasteiger charge is -2.14. The molecule has 0 bridgehead atoms. The van der Waals surface area contributed by atoms with Gasteiger partial charge in [-0.3, -0.25) is 4.90 Å². The predicted octanol–water partition coefficient (Wildman–Crippen LogP) is 3.50. The zero-order valence-corrected chi connectivity index (χ0v) is 14.8. The highest BCUT2D eigenvalue weighted by atomic mass is 35.5. The Hall–Kier alpha value is -2.93. The Kier molecular flexibility index (Phi) is 5.48. The van der Waals surface area contributed by atoms with Gasteiger partial charge in [-0.1, -0.05) is 17.7 Å². The fraction of sp³-hybridized carbons (Fsp3) is 0.222. The van der Waals surface area contributed by atoms with Crippen molar-refractivity contribution in [2.24, 2.45) is 0 Å². The van der Waals surface area contributed by atoms with E-state index in [2.05, 4.69) is 10.6 Å². The molecule has 1 aliphatic rings. The fourth-order valence-electron chi connectivity index (χ4n) is 2.53. The fourth-order valence-corrected chi connectivity index (χ4v) is 2.66. The first-order valence-electron chi connectivity index (χ1n) is 7.98. The number of rotatable bonds is 5. The molecule has 2 aromatic rings. The molecule has 1 saturated heterocycles. The summed E-state index contributed by atoms with van der Waals surface area (Å²) in [6, 6.07) is 13.5. The largest absolute Gasteiger partial charge is 0.497 e. The molecule has 0 radical (unpaired) electrons. The summed E-state index contributed by atoms with van der Waals surface area (Å²) in [5.74, 6) is 0.652. The highest BCUT2D eigenvalue weighted by Crippen LogP contribution is 2.25. The highest BCUT2D eigenvalue weighted by Gasteiger charge is 2.32. The molecule has 0 aliphatic carbocycles. The van der Waals surface area contributed by atoms with Crippen LogP contribution in [0, 0.1) is 0 Å². The Labute approximate surface area is 155 Å². The van der Waals surface area contributed by atoms with Gasteiger partial charge in [-0.2, -0.15) is 0 Å². The molecule has 1 heterocycles. The molecule has 8 heteroatoms. The highest BCUT2D eigenvalue weighted by molar-refractivity contribution is 6.30. The number of carbonyl (C=O) groups excluding carboxylic acids is 2. The van der Waals surface area contributed by atoms with Crippen LogP contribution >= 0.6 is 11.6 Å². The monoisotopic (exact) mass is 375 g/mol. The van der Waals surface area contributed by atoms with Crippen molar-refractivity contribution in [1.29, 1.82) is 0 Å². The Morgan fingerprint density at radius 1 is 1.31 bits per heavy atom. The van der Waals surface area contributed by atoms with Crippen LogP contribution in [-0.2, 0) is 4.74 Å². The first kappa shape index (κ1) is 17.9. The molecule has 1 unspecified atom stereocenters. The SMILES string of the molecule is COc1cccc(N2CC(CNC(=O)Nc3ccc(Cl)cc3)OC2=O)c1. The number of halogens is 1. The normalized spacial score (nSPS) is 16.2. The van der Waals surface area contributed by atoms with Gasteiger partial charge in [0.05, 0.1) is 25.9 Å². The van der Waals surface area contributed by atoms with Crippen LogP contribution in [-0.4, -0.2) is 38.4 Å². The molecule has 3 rings (SSSR count). The number of benzene rings is 2. The van der Waals surface area contributed by atoms with Crippen molar-refractivity contribution in [2.75, 3.05) is 30.4 Å². The Morgan fingerprint density at radius 2 is 2.08 bits per heavy atom. The summed E-state index contributed by atoms with van der Waals surface area (Å²) in [6.45, 7) is 0.541. The lowest BCUT2D eigenvalue weighted by Crippen LogP contribution is -2.37. The van der Waals surface area contributed by atoms with Crippen LogP contribution in [0.15, 0.2) is 48.5 Å². The number of hydrogen-bond donors (Lipinski definition) is 2. The number of nitrogens with zero attached hydrogens (tertiary/aromatic N) is 1. The van der Waals surface area contributed by atoms with Gasteiger partial charge in [-0.25, -0.2) is 9.59 Å². The van der Waals surface area contributed by atoms with Gasteiger partial charge in [0.15, 0.2) is 0 Å². The van der Waals surface area contributed by atoms with Crippen molar-refractivity contribution in [2.45, 2.75) is 6.10 Å². The number of hydrogen-bond acceptors (Lipinski definition) is 4. The number of amides is 3. The molecule has 26 heavy (non-hydrogen) atoms. The topological polar surface area (TPSA) is 79.9 Å². The summed E-state index contributed by atoms with van der Waals surface area (Å²) in [5, 5.41) is 5.96. The van der Waals surface area contributed by atoms with E-state index < -0.39 is 12.2 Å². The minimum absolute atomic E-state index is 0.200. The summed E-state index contributed by atoms with van der Waals surface area (Å²) in [4.78, 5) is 25.5. The number of urea groups is 1. The molecular formula is C18H18ClN3O4. The molecule has 1 atom stereocenters. The van der Waals surface area contributed by atoms with E-state index >= 15 is 0 Å². The van der Waals surface area contributed by atoms with Gasteiger partial charge in [0, 0.05) is 16.8 Å². The van der Waals surface area contributed by atoms with Gasteiger partial charge in [-0.15, -0.1) is 0 Å². The molecule has 3 amide bonds. The maximum atomic E-state index is 12.1. The van der Waals surface area contributed by atoms with Crippen LogP contribution in [0.3, 0.4) is 0 Å². The average molecular weight is 376 g/mol. The standard InChI is InChI=1S/C18H18ClN3O4/c1-25-15-4-2-3-14(9-15)22-11-16(26-18(22)24)10-20-17(23)21-13-7-5-12(19)6-8-13/h2-9,16H,10-11H2,1H3,(H2,20,21,23). The van der Waals surface area contributed by atoms with E-state index in [9.17, 15) is 9.59 Å². The van der Waals surface area contributed by atoms with Crippen molar-refractivity contribution >= 4 is 35.1 Å². The lowest BCUT2D eigenvalue weighted by molar-refractivity contribution is 0.141. The van der Waals surface area contributed by atoms with Crippen molar-refractivity contribution in [3.05, 3.63) is 53.6 Å². The zero-order valence-electron chi connectivity index (χ0n) is 14.1. The molecule has 0 aromatic heterocycles. The third-order valence-corrected chi connectivity index (χ3v) is 4.08. The second kappa shape index (κ2) is 7.97. The molecule has 1 fully saturated rings. The van der Waals surface area contributed by atoms with E-state index in [0.29, 0.717) is 28.7 Å². The van der Waals surface area contributed by atoms with Gasteiger partial charge in [0.25, 0.3) is 0 Å². The van der Waals surface area contributed by atoms with Crippen LogP contribution in [0.5, 0.6) is 5.75 Å². The summed E-state index contributed by atoms with van der Waals surface area (Å²) >= 11 is 5.80. The molecule has 2 N–H and O–H groups in total. The molecule has 2 aromatic carbocycles. The number of ether oxygens (including phenoxy) is 2.